The molecular weight excluding hydrogens is 478 g/mol. The van der Waals surface area contributed by atoms with E-state index in [2.05, 4.69) is 4.98 Å². The summed E-state index contributed by atoms with van der Waals surface area (Å²) in [7, 11) is 1.54. The van der Waals surface area contributed by atoms with Crippen LogP contribution < -0.4 is 20.5 Å². The van der Waals surface area contributed by atoms with Crippen LogP contribution in [0.15, 0.2) is 74.7 Å². The van der Waals surface area contributed by atoms with Gasteiger partial charge in [0.05, 0.1) is 13.5 Å². The van der Waals surface area contributed by atoms with Gasteiger partial charge < -0.3 is 29.1 Å². The van der Waals surface area contributed by atoms with Crippen LogP contribution >= 0.6 is 0 Å². The Kier molecular flexibility index (Phi) is 5.01. The number of methoxy groups -OCH3 is 1. The number of phenolic OH excluding ortho intramolecular Hbond substituents is 2. The molecule has 1 atom stereocenters. The number of phenols is 2. The van der Waals surface area contributed by atoms with Crippen molar-refractivity contribution in [1.82, 2.24) is 4.98 Å². The first-order valence-electron chi connectivity index (χ1n) is 11.4. The number of rotatable bonds is 3. The number of aromatic amines is 1. The maximum absolute atomic E-state index is 13.2. The second-order valence-corrected chi connectivity index (χ2v) is 8.77. The van der Waals surface area contributed by atoms with Crippen molar-refractivity contribution in [3.63, 3.8) is 0 Å². The highest BCUT2D eigenvalue weighted by Gasteiger charge is 2.35. The second kappa shape index (κ2) is 8.27. The van der Waals surface area contributed by atoms with Crippen molar-refractivity contribution in [1.29, 1.82) is 0 Å². The van der Waals surface area contributed by atoms with E-state index in [1.807, 2.05) is 0 Å². The van der Waals surface area contributed by atoms with Crippen LogP contribution in [-0.2, 0) is 4.79 Å². The minimum atomic E-state index is -0.822. The molecule has 1 unspecified atom stereocenters. The first-order chi connectivity index (χ1) is 17.8. The van der Waals surface area contributed by atoms with Crippen LogP contribution in [0, 0.1) is 0 Å². The van der Waals surface area contributed by atoms with Crippen LogP contribution in [0.4, 0.5) is 0 Å². The summed E-state index contributed by atoms with van der Waals surface area (Å²) in [6.45, 7) is 0. The summed E-state index contributed by atoms with van der Waals surface area (Å²) in [6.07, 6.45) is -0.182. The summed E-state index contributed by atoms with van der Waals surface area (Å²) in [5, 5.41) is 20.9. The molecular formula is C28H19NO8. The molecule has 3 heterocycles. The molecule has 0 fully saturated rings. The number of esters is 1. The van der Waals surface area contributed by atoms with Gasteiger partial charge in [0, 0.05) is 45.6 Å². The van der Waals surface area contributed by atoms with Gasteiger partial charge in [-0.1, -0.05) is 0 Å². The van der Waals surface area contributed by atoms with Crippen molar-refractivity contribution in [2.24, 2.45) is 0 Å². The standard InChI is InChI=1S/C28H19NO8/c1-35-16-6-7-19-14(8-16)9-18(28(34)29-19)17-10-24(33)36-23-12-21(32)26-20(31)11-22(37-27(26)25(17)23)13-2-4-15(30)5-3-13/h2-9,11-12,17,30,32H,10H2,1H3,(H,29,34). The van der Waals surface area contributed by atoms with E-state index < -0.39 is 28.6 Å². The third kappa shape index (κ3) is 3.68. The number of nitrogens with one attached hydrogen (secondary N) is 1. The molecule has 1 aliphatic rings. The fourth-order valence-corrected chi connectivity index (χ4v) is 4.78. The summed E-state index contributed by atoms with van der Waals surface area (Å²) < 4.78 is 16.8. The molecule has 9 heteroatoms. The largest absolute Gasteiger partial charge is 0.508 e. The lowest BCUT2D eigenvalue weighted by atomic mass is 9.85. The summed E-state index contributed by atoms with van der Waals surface area (Å²) in [5.41, 5.74) is 0.743. The van der Waals surface area contributed by atoms with Crippen molar-refractivity contribution < 1.29 is 28.9 Å². The lowest BCUT2D eigenvalue weighted by molar-refractivity contribution is -0.135. The number of hydrogen-bond acceptors (Lipinski definition) is 8. The van der Waals surface area contributed by atoms with Crippen LogP contribution in [0.3, 0.4) is 0 Å². The molecule has 0 amide bonds. The molecule has 0 bridgehead atoms. The predicted octanol–water partition coefficient (Wildman–Crippen LogP) is 4.16. The minimum absolute atomic E-state index is 0.00222. The lowest BCUT2D eigenvalue weighted by Gasteiger charge is -2.25. The van der Waals surface area contributed by atoms with E-state index in [-0.39, 0.29) is 40.2 Å². The van der Waals surface area contributed by atoms with Gasteiger partial charge in [0.2, 0.25) is 0 Å². The second-order valence-electron chi connectivity index (χ2n) is 8.77. The molecule has 3 aromatic carbocycles. The summed E-state index contributed by atoms with van der Waals surface area (Å²) in [6, 6.07) is 15.4. The summed E-state index contributed by atoms with van der Waals surface area (Å²) in [5.74, 6) is -1.02. The molecule has 5 aromatic rings. The number of pyridine rings is 1. The fourth-order valence-electron chi connectivity index (χ4n) is 4.78. The van der Waals surface area contributed by atoms with Crippen molar-refractivity contribution in [2.75, 3.05) is 7.11 Å². The van der Waals surface area contributed by atoms with Gasteiger partial charge in [-0.2, -0.15) is 0 Å². The number of hydrogen-bond donors (Lipinski definition) is 3. The van der Waals surface area contributed by atoms with Crippen LogP contribution in [0.1, 0.15) is 23.5 Å². The molecule has 0 aliphatic carbocycles. The van der Waals surface area contributed by atoms with Crippen LogP contribution in [0.2, 0.25) is 0 Å². The third-order valence-electron chi connectivity index (χ3n) is 6.53. The first-order valence-corrected chi connectivity index (χ1v) is 11.4. The summed E-state index contributed by atoms with van der Waals surface area (Å²) in [4.78, 5) is 41.7. The van der Waals surface area contributed by atoms with Gasteiger partial charge in [-0.25, -0.2) is 0 Å². The maximum Gasteiger partial charge on any atom is 0.312 e. The average Bonchev–Trinajstić information content (AvgIpc) is 2.87. The first kappa shape index (κ1) is 22.4. The van der Waals surface area contributed by atoms with E-state index >= 15 is 0 Å². The zero-order chi connectivity index (χ0) is 25.8. The van der Waals surface area contributed by atoms with Gasteiger partial charge in [-0.15, -0.1) is 0 Å². The minimum Gasteiger partial charge on any atom is -0.508 e. The number of ether oxygens (including phenoxy) is 2. The molecule has 3 N–H and O–H groups in total. The molecule has 9 nitrogen and oxygen atoms in total. The zero-order valence-electron chi connectivity index (χ0n) is 19.4. The predicted molar refractivity (Wildman–Crippen MR) is 134 cm³/mol. The Morgan fingerprint density at radius 1 is 0.973 bits per heavy atom. The van der Waals surface area contributed by atoms with Gasteiger partial charge in [-0.3, -0.25) is 14.4 Å². The Balaban J connectivity index is 1.65. The average molecular weight is 497 g/mol. The number of H-pyrrole nitrogens is 1. The molecule has 0 saturated carbocycles. The Morgan fingerprint density at radius 2 is 1.76 bits per heavy atom. The molecule has 1 aliphatic heterocycles. The van der Waals surface area contributed by atoms with E-state index in [9.17, 15) is 24.6 Å². The van der Waals surface area contributed by atoms with Gasteiger partial charge in [0.1, 0.15) is 39.7 Å². The number of carbonyl (C=O) groups is 1. The molecule has 0 radical (unpaired) electrons. The van der Waals surface area contributed by atoms with Gasteiger partial charge in [0.15, 0.2) is 5.43 Å². The van der Waals surface area contributed by atoms with Crippen LogP contribution in [-0.4, -0.2) is 28.3 Å². The monoisotopic (exact) mass is 497 g/mol. The van der Waals surface area contributed by atoms with Gasteiger partial charge >= 0.3 is 5.97 Å². The lowest BCUT2D eigenvalue weighted by Crippen LogP contribution is -2.26. The Hall–Kier alpha value is -5.05. The number of aromatic hydroxyl groups is 2. The fraction of sp³-hybridized carbons (Fsp3) is 0.107. The van der Waals surface area contributed by atoms with Crippen molar-refractivity contribution in [3.05, 3.63) is 92.4 Å². The zero-order valence-corrected chi connectivity index (χ0v) is 19.4. The number of aromatic nitrogens is 1. The van der Waals surface area contributed by atoms with Gasteiger partial charge in [-0.05, 0) is 48.5 Å². The van der Waals surface area contributed by atoms with E-state index in [1.165, 1.54) is 31.4 Å². The molecule has 37 heavy (non-hydrogen) atoms. The highest BCUT2D eigenvalue weighted by Crippen LogP contribution is 2.45. The number of benzene rings is 3. The SMILES string of the molecule is COc1ccc2[nH]c(=O)c(C3CC(=O)Oc4cc(O)c5c(=O)cc(-c6ccc(O)cc6)oc5c43)cc2c1. The quantitative estimate of drug-likeness (QED) is 0.249. The summed E-state index contributed by atoms with van der Waals surface area (Å²) >= 11 is 0. The molecule has 184 valence electrons. The van der Waals surface area contributed by atoms with E-state index in [0.29, 0.717) is 27.8 Å². The smallest absolute Gasteiger partial charge is 0.312 e. The Bertz CT molecular complexity index is 1850. The van der Waals surface area contributed by atoms with E-state index in [1.54, 1.807) is 36.4 Å². The topological polar surface area (TPSA) is 139 Å². The molecule has 6 rings (SSSR count). The van der Waals surface area contributed by atoms with Crippen LogP contribution in [0.5, 0.6) is 23.0 Å². The van der Waals surface area contributed by atoms with E-state index in [0.717, 1.165) is 0 Å². The maximum atomic E-state index is 13.2. The highest BCUT2D eigenvalue weighted by atomic mass is 16.5. The van der Waals surface area contributed by atoms with Crippen LogP contribution in [0.25, 0.3) is 33.2 Å². The highest BCUT2D eigenvalue weighted by molar-refractivity contribution is 5.93. The molecule has 0 spiro atoms. The number of fused-ring (bicyclic) bond motifs is 4. The Labute approximate surface area is 208 Å². The van der Waals surface area contributed by atoms with Crippen molar-refractivity contribution >= 4 is 27.8 Å². The molecule has 0 saturated heterocycles. The Morgan fingerprint density at radius 3 is 2.51 bits per heavy atom. The third-order valence-corrected chi connectivity index (χ3v) is 6.53. The number of carbonyl (C=O) groups excluding carboxylic acids is 1. The van der Waals surface area contributed by atoms with Crippen molar-refractivity contribution in [3.8, 4) is 34.3 Å². The normalized spacial score (nSPS) is 14.9. The molecule has 2 aromatic heterocycles. The van der Waals surface area contributed by atoms with Gasteiger partial charge in [0.25, 0.3) is 5.56 Å². The van der Waals surface area contributed by atoms with Crippen molar-refractivity contribution in [2.45, 2.75) is 12.3 Å². The van der Waals surface area contributed by atoms with E-state index in [4.69, 9.17) is 13.9 Å².